The molecule has 120 valence electrons. The first-order valence-electron chi connectivity index (χ1n) is 8.73. The van der Waals surface area contributed by atoms with E-state index < -0.39 is 0 Å². The highest BCUT2D eigenvalue weighted by Crippen LogP contribution is 2.61. The van der Waals surface area contributed by atoms with Crippen molar-refractivity contribution < 1.29 is 9.59 Å². The molecule has 0 aliphatic heterocycles. The quantitative estimate of drug-likeness (QED) is 0.522. The third kappa shape index (κ3) is 2.06. The maximum absolute atomic E-state index is 12.4. The maximum Gasteiger partial charge on any atom is 0.229 e. The molecule has 0 aromatic heterocycles. The Morgan fingerprint density at radius 1 is 1.14 bits per heavy atom. The summed E-state index contributed by atoms with van der Waals surface area (Å²) in [4.78, 5) is 24.6. The van der Waals surface area contributed by atoms with Gasteiger partial charge in [-0.1, -0.05) is 41.0 Å². The molecule has 3 aliphatic rings. The van der Waals surface area contributed by atoms with Gasteiger partial charge in [0.25, 0.3) is 0 Å². The van der Waals surface area contributed by atoms with Gasteiger partial charge in [-0.2, -0.15) is 0 Å². The van der Waals surface area contributed by atoms with E-state index in [1.807, 2.05) is 13.8 Å². The highest BCUT2D eigenvalue weighted by Gasteiger charge is 2.52. The lowest BCUT2D eigenvalue weighted by atomic mass is 9.48. The largest absolute Gasteiger partial charge is 0.286 e. The van der Waals surface area contributed by atoms with E-state index in [4.69, 9.17) is 0 Å². The molecular formula is C20H28O2. The van der Waals surface area contributed by atoms with Crippen LogP contribution in [0.25, 0.3) is 0 Å². The molecule has 2 heteroatoms. The fourth-order valence-electron chi connectivity index (χ4n) is 5.53. The summed E-state index contributed by atoms with van der Waals surface area (Å²) in [5.74, 6) is 0.184. The third-order valence-corrected chi connectivity index (χ3v) is 6.50. The van der Waals surface area contributed by atoms with Gasteiger partial charge in [-0.05, 0) is 65.6 Å². The molecule has 0 aromatic carbocycles. The molecule has 2 atom stereocenters. The van der Waals surface area contributed by atoms with Crippen LogP contribution in [0, 0.1) is 22.7 Å². The summed E-state index contributed by atoms with van der Waals surface area (Å²) in [6.45, 7) is 11.2. The fourth-order valence-corrected chi connectivity index (χ4v) is 5.53. The van der Waals surface area contributed by atoms with Gasteiger partial charge >= 0.3 is 0 Å². The number of Topliss-reactive ketones (excluding diaryl/α,β-unsaturated/α-hetero) is 1. The van der Waals surface area contributed by atoms with Gasteiger partial charge < -0.3 is 0 Å². The smallest absolute Gasteiger partial charge is 0.229 e. The fraction of sp³-hybridized carbons (Fsp3) is 0.700. The van der Waals surface area contributed by atoms with E-state index >= 15 is 0 Å². The van der Waals surface area contributed by atoms with E-state index in [0.717, 1.165) is 24.8 Å². The number of carbonyl (C=O) groups excluding carboxylic acids is 2. The number of ketones is 2. The Balaban J connectivity index is 2.16. The molecule has 2 saturated carbocycles. The highest BCUT2D eigenvalue weighted by atomic mass is 16.2. The Bertz CT molecular complexity index is 603. The second kappa shape index (κ2) is 4.91. The Morgan fingerprint density at radius 2 is 1.82 bits per heavy atom. The predicted molar refractivity (Wildman–Crippen MR) is 88.4 cm³/mol. The summed E-state index contributed by atoms with van der Waals surface area (Å²) >= 11 is 0. The standard InChI is InChI=1S/C20H28O2/c1-12(2)17-13-7-8-16-19(3,4)9-6-10-20(16,5)14(13)11-15(21)18(17)22/h11-12,16H,6-10H2,1-5H3/t16-,20+/m0/s1. The average Bonchev–Trinajstić information content (AvgIpc) is 2.39. The number of fused-ring (bicyclic) bond motifs is 3. The zero-order valence-electron chi connectivity index (χ0n) is 14.6. The second-order valence-electron chi connectivity index (χ2n) is 8.65. The molecule has 3 rings (SSSR count). The summed E-state index contributed by atoms with van der Waals surface area (Å²) in [5.41, 5.74) is 3.58. The summed E-state index contributed by atoms with van der Waals surface area (Å²) in [7, 11) is 0. The van der Waals surface area contributed by atoms with Crippen molar-refractivity contribution in [3.8, 4) is 0 Å². The van der Waals surface area contributed by atoms with Gasteiger partial charge in [0.2, 0.25) is 11.6 Å². The van der Waals surface area contributed by atoms with Crippen molar-refractivity contribution in [1.29, 1.82) is 0 Å². The average molecular weight is 300 g/mol. The minimum Gasteiger partial charge on any atom is -0.286 e. The van der Waals surface area contributed by atoms with Crippen LogP contribution >= 0.6 is 0 Å². The third-order valence-electron chi connectivity index (χ3n) is 6.50. The van der Waals surface area contributed by atoms with Gasteiger partial charge in [-0.15, -0.1) is 0 Å². The summed E-state index contributed by atoms with van der Waals surface area (Å²) in [6.07, 6.45) is 7.42. The van der Waals surface area contributed by atoms with Gasteiger partial charge in [0.1, 0.15) is 0 Å². The summed E-state index contributed by atoms with van der Waals surface area (Å²) in [5, 5.41) is 0. The van der Waals surface area contributed by atoms with Crippen molar-refractivity contribution in [1.82, 2.24) is 0 Å². The molecule has 3 aliphatic carbocycles. The predicted octanol–water partition coefficient (Wildman–Crippen LogP) is 4.64. The first kappa shape index (κ1) is 15.7. The second-order valence-corrected chi connectivity index (χ2v) is 8.65. The molecule has 0 unspecified atom stereocenters. The minimum absolute atomic E-state index is 0.0613. The highest BCUT2D eigenvalue weighted by molar-refractivity contribution is 6.48. The van der Waals surface area contributed by atoms with Gasteiger partial charge in [-0.25, -0.2) is 0 Å². The first-order valence-corrected chi connectivity index (χ1v) is 8.73. The van der Waals surface area contributed by atoms with E-state index in [-0.39, 0.29) is 22.9 Å². The van der Waals surface area contributed by atoms with Crippen LogP contribution in [0.15, 0.2) is 22.8 Å². The van der Waals surface area contributed by atoms with Gasteiger partial charge in [0.15, 0.2) is 0 Å². The van der Waals surface area contributed by atoms with E-state index in [9.17, 15) is 9.59 Å². The number of rotatable bonds is 1. The Labute approximate surface area is 134 Å². The number of carbonyl (C=O) groups is 2. The lowest BCUT2D eigenvalue weighted by molar-refractivity contribution is -0.132. The molecule has 2 fully saturated rings. The monoisotopic (exact) mass is 300 g/mol. The Hall–Kier alpha value is -1.18. The number of hydrogen-bond acceptors (Lipinski definition) is 2. The maximum atomic E-state index is 12.4. The molecule has 22 heavy (non-hydrogen) atoms. The summed E-state index contributed by atoms with van der Waals surface area (Å²) in [6, 6.07) is 0. The van der Waals surface area contributed by atoms with E-state index in [2.05, 4.69) is 20.8 Å². The zero-order chi connectivity index (χ0) is 16.3. The van der Waals surface area contributed by atoms with Crippen molar-refractivity contribution >= 4 is 11.6 Å². The van der Waals surface area contributed by atoms with E-state index in [0.29, 0.717) is 11.3 Å². The SMILES string of the molecule is CC(C)C1=C2CC[C@H]3C(C)(C)CCC[C@]3(C)C2=CC(=O)C1=O. The van der Waals surface area contributed by atoms with Crippen LogP contribution in [0.2, 0.25) is 0 Å². The van der Waals surface area contributed by atoms with Crippen molar-refractivity contribution in [3.05, 3.63) is 22.8 Å². The Morgan fingerprint density at radius 3 is 2.45 bits per heavy atom. The molecule has 0 amide bonds. The molecule has 0 heterocycles. The molecule has 0 radical (unpaired) electrons. The lowest BCUT2D eigenvalue weighted by Crippen LogP contribution is -2.47. The zero-order valence-corrected chi connectivity index (χ0v) is 14.6. The van der Waals surface area contributed by atoms with Gasteiger partial charge in [0.05, 0.1) is 0 Å². The molecule has 2 nitrogen and oxygen atoms in total. The molecule has 0 bridgehead atoms. The molecule has 0 aromatic rings. The van der Waals surface area contributed by atoms with Crippen molar-refractivity contribution in [2.24, 2.45) is 22.7 Å². The van der Waals surface area contributed by atoms with Crippen molar-refractivity contribution in [3.63, 3.8) is 0 Å². The number of allylic oxidation sites excluding steroid dienone is 4. The topological polar surface area (TPSA) is 34.1 Å². The normalized spacial score (nSPS) is 34.5. The first-order chi connectivity index (χ1) is 10.2. The van der Waals surface area contributed by atoms with E-state index in [1.54, 1.807) is 6.08 Å². The lowest BCUT2D eigenvalue weighted by Gasteiger charge is -2.56. The van der Waals surface area contributed by atoms with E-state index in [1.165, 1.54) is 24.0 Å². The van der Waals surface area contributed by atoms with Crippen LogP contribution in [0.5, 0.6) is 0 Å². The van der Waals surface area contributed by atoms with Crippen LogP contribution in [0.1, 0.15) is 66.7 Å². The van der Waals surface area contributed by atoms with Crippen LogP contribution < -0.4 is 0 Å². The van der Waals surface area contributed by atoms with Crippen LogP contribution in [0.4, 0.5) is 0 Å². The van der Waals surface area contributed by atoms with Crippen LogP contribution in [0.3, 0.4) is 0 Å². The summed E-state index contributed by atoms with van der Waals surface area (Å²) < 4.78 is 0. The molecule has 0 saturated heterocycles. The van der Waals surface area contributed by atoms with Crippen LogP contribution in [-0.4, -0.2) is 11.6 Å². The molecule has 0 spiro atoms. The Kier molecular flexibility index (Phi) is 3.50. The number of hydrogen-bond donors (Lipinski definition) is 0. The molecular weight excluding hydrogens is 272 g/mol. The van der Waals surface area contributed by atoms with Gasteiger partial charge in [-0.3, -0.25) is 9.59 Å². The van der Waals surface area contributed by atoms with Crippen LogP contribution in [-0.2, 0) is 9.59 Å². The van der Waals surface area contributed by atoms with Crippen molar-refractivity contribution in [2.75, 3.05) is 0 Å². The molecule has 0 N–H and O–H groups in total. The van der Waals surface area contributed by atoms with Crippen molar-refractivity contribution in [2.45, 2.75) is 66.7 Å². The van der Waals surface area contributed by atoms with Gasteiger partial charge in [0, 0.05) is 5.57 Å². The minimum atomic E-state index is -0.298.